The van der Waals surface area contributed by atoms with Gasteiger partial charge in [-0.3, -0.25) is 5.10 Å². The van der Waals surface area contributed by atoms with E-state index in [1.807, 2.05) is 36.7 Å². The summed E-state index contributed by atoms with van der Waals surface area (Å²) in [6.07, 6.45) is 6.09. The highest BCUT2D eigenvalue weighted by Gasteiger charge is 2.21. The van der Waals surface area contributed by atoms with Crippen LogP contribution in [0.4, 0.5) is 0 Å². The van der Waals surface area contributed by atoms with Crippen LogP contribution in [-0.4, -0.2) is 47.9 Å². The van der Waals surface area contributed by atoms with Crippen LogP contribution in [0.15, 0.2) is 36.7 Å². The summed E-state index contributed by atoms with van der Waals surface area (Å²) in [4.78, 5) is 2.29. The Morgan fingerprint density at radius 2 is 2.19 bits per heavy atom. The molecule has 2 heterocycles. The summed E-state index contributed by atoms with van der Waals surface area (Å²) < 4.78 is 11.7. The number of nitrogens with zero attached hydrogens (tertiary/aromatic N) is 2. The lowest BCUT2D eigenvalue weighted by atomic mass is 10.2. The molecule has 5 heteroatoms. The van der Waals surface area contributed by atoms with Gasteiger partial charge in [-0.1, -0.05) is 12.1 Å². The molecule has 0 fully saturated rings. The number of para-hydroxylation sites is 2. The Morgan fingerprint density at radius 1 is 1.33 bits per heavy atom. The molecule has 0 spiro atoms. The van der Waals surface area contributed by atoms with Crippen molar-refractivity contribution in [2.24, 2.45) is 0 Å². The number of rotatable bonds is 6. The molecule has 1 aromatic heterocycles. The first-order chi connectivity index (χ1) is 10.3. The number of aryl methyl sites for hydroxylation is 1. The van der Waals surface area contributed by atoms with Gasteiger partial charge in [0.2, 0.25) is 0 Å². The van der Waals surface area contributed by atoms with E-state index < -0.39 is 0 Å². The fourth-order valence-electron chi connectivity index (χ4n) is 2.56. The van der Waals surface area contributed by atoms with Crippen LogP contribution in [0.2, 0.25) is 0 Å². The van der Waals surface area contributed by atoms with Gasteiger partial charge in [-0.2, -0.15) is 5.10 Å². The van der Waals surface area contributed by atoms with Crippen LogP contribution in [0.1, 0.15) is 12.0 Å². The SMILES string of the molecule is CN(CCCc1cn[nH]c1)C[C@@H]1COc2ccccc2O1. The molecule has 0 unspecified atom stereocenters. The van der Waals surface area contributed by atoms with E-state index in [1.165, 1.54) is 5.56 Å². The van der Waals surface area contributed by atoms with E-state index in [2.05, 4.69) is 22.1 Å². The first kappa shape index (κ1) is 13.9. The number of hydrogen-bond acceptors (Lipinski definition) is 4. The number of nitrogens with one attached hydrogen (secondary N) is 1. The summed E-state index contributed by atoms with van der Waals surface area (Å²) >= 11 is 0. The molecule has 2 aromatic rings. The zero-order valence-electron chi connectivity index (χ0n) is 12.3. The molecule has 1 atom stereocenters. The molecule has 0 aliphatic carbocycles. The highest BCUT2D eigenvalue weighted by molar-refractivity contribution is 5.40. The van der Waals surface area contributed by atoms with Crippen molar-refractivity contribution in [2.45, 2.75) is 18.9 Å². The van der Waals surface area contributed by atoms with Crippen LogP contribution >= 0.6 is 0 Å². The average molecular weight is 287 g/mol. The summed E-state index contributed by atoms with van der Waals surface area (Å²) in [5.74, 6) is 1.69. The van der Waals surface area contributed by atoms with Crippen LogP contribution in [0.5, 0.6) is 11.5 Å². The van der Waals surface area contributed by atoms with Crippen molar-refractivity contribution in [3.8, 4) is 11.5 Å². The lowest BCUT2D eigenvalue weighted by Crippen LogP contribution is -2.39. The van der Waals surface area contributed by atoms with E-state index in [9.17, 15) is 0 Å². The largest absolute Gasteiger partial charge is 0.486 e. The Morgan fingerprint density at radius 3 is 3.00 bits per heavy atom. The number of benzene rings is 1. The molecule has 21 heavy (non-hydrogen) atoms. The molecule has 112 valence electrons. The van der Waals surface area contributed by atoms with Crippen LogP contribution in [-0.2, 0) is 6.42 Å². The maximum atomic E-state index is 5.97. The van der Waals surface area contributed by atoms with Crippen molar-refractivity contribution in [3.05, 3.63) is 42.2 Å². The smallest absolute Gasteiger partial charge is 0.161 e. The average Bonchev–Trinajstić information content (AvgIpc) is 3.00. The molecule has 0 radical (unpaired) electrons. The number of aromatic amines is 1. The van der Waals surface area contributed by atoms with Gasteiger partial charge >= 0.3 is 0 Å². The molecular formula is C16H21N3O2. The highest BCUT2D eigenvalue weighted by Crippen LogP contribution is 2.30. The summed E-state index contributed by atoms with van der Waals surface area (Å²) in [6, 6.07) is 7.84. The Labute approximate surface area is 124 Å². The topological polar surface area (TPSA) is 50.4 Å². The van der Waals surface area contributed by atoms with E-state index in [0.29, 0.717) is 6.61 Å². The molecule has 3 rings (SSSR count). The molecule has 1 aliphatic heterocycles. The van der Waals surface area contributed by atoms with Crippen LogP contribution in [0.25, 0.3) is 0 Å². The minimum absolute atomic E-state index is 0.0961. The second-order valence-electron chi connectivity index (χ2n) is 5.47. The quantitative estimate of drug-likeness (QED) is 0.884. The standard InChI is InChI=1S/C16H21N3O2/c1-19(8-4-5-13-9-17-18-10-13)11-14-12-20-15-6-2-3-7-16(15)21-14/h2-3,6-7,9-10,14H,4-5,8,11-12H2,1H3,(H,17,18)/t14-/m1/s1. The Bertz CT molecular complexity index is 556. The molecule has 0 saturated heterocycles. The molecular weight excluding hydrogens is 266 g/mol. The van der Waals surface area contributed by atoms with E-state index in [1.54, 1.807) is 0 Å². The zero-order valence-corrected chi connectivity index (χ0v) is 12.3. The van der Waals surface area contributed by atoms with Crippen LogP contribution in [0.3, 0.4) is 0 Å². The first-order valence-electron chi connectivity index (χ1n) is 7.36. The van der Waals surface area contributed by atoms with Gasteiger partial charge < -0.3 is 14.4 Å². The molecule has 0 saturated carbocycles. The van der Waals surface area contributed by atoms with E-state index in [0.717, 1.165) is 37.4 Å². The third kappa shape index (κ3) is 3.76. The monoisotopic (exact) mass is 287 g/mol. The normalized spacial score (nSPS) is 17.1. The number of likely N-dealkylation sites (N-methyl/N-ethyl adjacent to an activating group) is 1. The van der Waals surface area contributed by atoms with E-state index in [4.69, 9.17) is 9.47 Å². The lowest BCUT2D eigenvalue weighted by molar-refractivity contribution is 0.0653. The van der Waals surface area contributed by atoms with Gasteiger partial charge in [0.25, 0.3) is 0 Å². The summed E-state index contributed by atoms with van der Waals surface area (Å²) in [7, 11) is 2.12. The van der Waals surface area contributed by atoms with Gasteiger partial charge in [-0.15, -0.1) is 0 Å². The second-order valence-corrected chi connectivity index (χ2v) is 5.47. The van der Waals surface area contributed by atoms with Gasteiger partial charge in [0.15, 0.2) is 11.5 Å². The number of hydrogen-bond donors (Lipinski definition) is 1. The fourth-order valence-corrected chi connectivity index (χ4v) is 2.56. The lowest BCUT2D eigenvalue weighted by Gasteiger charge is -2.29. The maximum Gasteiger partial charge on any atom is 0.161 e. The molecule has 0 bridgehead atoms. The number of aromatic nitrogens is 2. The van der Waals surface area contributed by atoms with Crippen molar-refractivity contribution in [3.63, 3.8) is 0 Å². The Balaban J connectivity index is 1.42. The van der Waals surface area contributed by atoms with Crippen molar-refractivity contribution in [1.82, 2.24) is 15.1 Å². The fraction of sp³-hybridized carbons (Fsp3) is 0.438. The number of ether oxygens (including phenoxy) is 2. The van der Waals surface area contributed by atoms with Gasteiger partial charge in [0.05, 0.1) is 6.20 Å². The predicted octanol–water partition coefficient (Wildman–Crippen LogP) is 2.11. The van der Waals surface area contributed by atoms with E-state index in [-0.39, 0.29) is 6.10 Å². The predicted molar refractivity (Wildman–Crippen MR) is 80.8 cm³/mol. The minimum Gasteiger partial charge on any atom is -0.486 e. The Kier molecular flexibility index (Phi) is 4.40. The Hall–Kier alpha value is -2.01. The van der Waals surface area contributed by atoms with Gasteiger partial charge in [-0.25, -0.2) is 0 Å². The van der Waals surface area contributed by atoms with Crippen LogP contribution < -0.4 is 9.47 Å². The molecule has 1 aromatic carbocycles. The van der Waals surface area contributed by atoms with Crippen LogP contribution in [0, 0.1) is 0 Å². The minimum atomic E-state index is 0.0961. The summed E-state index contributed by atoms with van der Waals surface area (Å²) in [5, 5.41) is 6.80. The highest BCUT2D eigenvalue weighted by atomic mass is 16.6. The first-order valence-corrected chi connectivity index (χ1v) is 7.36. The van der Waals surface area contributed by atoms with Gasteiger partial charge in [-0.05, 0) is 44.1 Å². The molecule has 1 aliphatic rings. The zero-order chi connectivity index (χ0) is 14.5. The van der Waals surface area contributed by atoms with Crippen molar-refractivity contribution >= 4 is 0 Å². The molecule has 5 nitrogen and oxygen atoms in total. The number of fused-ring (bicyclic) bond motifs is 1. The van der Waals surface area contributed by atoms with Crippen molar-refractivity contribution in [1.29, 1.82) is 0 Å². The third-order valence-corrected chi connectivity index (χ3v) is 3.64. The van der Waals surface area contributed by atoms with Crippen molar-refractivity contribution in [2.75, 3.05) is 26.7 Å². The second kappa shape index (κ2) is 6.63. The van der Waals surface area contributed by atoms with Crippen molar-refractivity contribution < 1.29 is 9.47 Å². The van der Waals surface area contributed by atoms with Gasteiger partial charge in [0.1, 0.15) is 12.7 Å². The molecule has 1 N–H and O–H groups in total. The van der Waals surface area contributed by atoms with Gasteiger partial charge in [0, 0.05) is 12.7 Å². The van der Waals surface area contributed by atoms with E-state index >= 15 is 0 Å². The third-order valence-electron chi connectivity index (χ3n) is 3.64. The summed E-state index contributed by atoms with van der Waals surface area (Å²) in [5.41, 5.74) is 1.26. The number of H-pyrrole nitrogens is 1. The summed E-state index contributed by atoms with van der Waals surface area (Å²) in [6.45, 7) is 2.52. The molecule has 0 amide bonds. The maximum absolute atomic E-state index is 5.97.